The zero-order valence-electron chi connectivity index (χ0n) is 33.5. The minimum atomic E-state index is -0.557. The van der Waals surface area contributed by atoms with E-state index in [4.69, 9.17) is 0 Å². The van der Waals surface area contributed by atoms with Crippen molar-refractivity contribution in [2.24, 2.45) is 0 Å². The standard InChI is InChI=1S/C56H47N/c1-7-19-37(20-8-2)56(38-21-10-9-11-22-38)48-28-17-14-25-45(48)53-49(56)29-18-30-52(53)57(39-31-33-43-41-23-12-15-26-46(41)54(3,4)50(43)35-39)40-32-34-44-42-24-13-16-27-47(42)55(5,6)51(44)36-40/h7-36H,1H2,2-6H3/b20-8-,37-19+. The molecule has 0 fully saturated rings. The van der Waals surface area contributed by atoms with Crippen molar-refractivity contribution in [2.75, 3.05) is 4.90 Å². The van der Waals surface area contributed by atoms with E-state index >= 15 is 0 Å². The molecule has 10 rings (SSSR count). The second kappa shape index (κ2) is 12.8. The monoisotopic (exact) mass is 733 g/mol. The fourth-order valence-electron chi connectivity index (χ4n) is 10.7. The molecule has 0 aromatic heterocycles. The molecule has 57 heavy (non-hydrogen) atoms. The highest BCUT2D eigenvalue weighted by Crippen LogP contribution is 2.61. The van der Waals surface area contributed by atoms with Gasteiger partial charge in [-0.3, -0.25) is 0 Å². The van der Waals surface area contributed by atoms with E-state index in [1.807, 2.05) is 6.08 Å². The lowest BCUT2D eigenvalue weighted by Crippen LogP contribution is -2.29. The van der Waals surface area contributed by atoms with E-state index in [2.05, 4.69) is 222 Å². The van der Waals surface area contributed by atoms with Crippen molar-refractivity contribution in [3.63, 3.8) is 0 Å². The summed E-state index contributed by atoms with van der Waals surface area (Å²) in [5.41, 5.74) is 20.9. The summed E-state index contributed by atoms with van der Waals surface area (Å²) in [6, 6.07) is 59.3. The van der Waals surface area contributed by atoms with E-state index in [1.165, 1.54) is 77.9 Å². The maximum absolute atomic E-state index is 4.21. The van der Waals surface area contributed by atoms with E-state index < -0.39 is 5.41 Å². The van der Waals surface area contributed by atoms with E-state index in [0.717, 1.165) is 17.1 Å². The van der Waals surface area contributed by atoms with E-state index in [0.29, 0.717) is 0 Å². The largest absolute Gasteiger partial charge is 0.310 e. The summed E-state index contributed by atoms with van der Waals surface area (Å²) in [4.78, 5) is 2.54. The van der Waals surface area contributed by atoms with Crippen LogP contribution in [0.25, 0.3) is 33.4 Å². The van der Waals surface area contributed by atoms with E-state index in [-0.39, 0.29) is 10.8 Å². The van der Waals surface area contributed by atoms with E-state index in [1.54, 1.807) is 0 Å². The first kappa shape index (κ1) is 35.0. The molecule has 0 bridgehead atoms. The highest BCUT2D eigenvalue weighted by Gasteiger charge is 2.48. The minimum absolute atomic E-state index is 0.139. The summed E-state index contributed by atoms with van der Waals surface area (Å²) in [5, 5.41) is 0. The predicted molar refractivity (Wildman–Crippen MR) is 241 cm³/mol. The first-order valence-corrected chi connectivity index (χ1v) is 20.3. The number of benzene rings is 7. The quantitative estimate of drug-likeness (QED) is 0.147. The molecule has 1 heteroatoms. The summed E-state index contributed by atoms with van der Waals surface area (Å²) < 4.78 is 0. The fourth-order valence-corrected chi connectivity index (χ4v) is 10.7. The van der Waals surface area contributed by atoms with Crippen molar-refractivity contribution in [1.29, 1.82) is 0 Å². The third kappa shape index (κ3) is 4.82. The number of allylic oxidation sites excluding steroid dienone is 5. The van der Waals surface area contributed by atoms with Gasteiger partial charge in [0, 0.05) is 27.8 Å². The van der Waals surface area contributed by atoms with E-state index in [9.17, 15) is 0 Å². The van der Waals surface area contributed by atoms with Gasteiger partial charge in [0.05, 0.1) is 11.1 Å². The lowest BCUT2D eigenvalue weighted by Gasteiger charge is -2.35. The highest BCUT2D eigenvalue weighted by molar-refractivity contribution is 5.99. The Bertz CT molecular complexity index is 2720. The van der Waals surface area contributed by atoms with Crippen LogP contribution in [0.15, 0.2) is 194 Å². The van der Waals surface area contributed by atoms with Gasteiger partial charge in [-0.15, -0.1) is 0 Å². The molecule has 0 N–H and O–H groups in total. The molecule has 0 heterocycles. The number of nitrogens with zero attached hydrogens (tertiary/aromatic N) is 1. The van der Waals surface area contributed by atoms with Gasteiger partial charge in [0.15, 0.2) is 0 Å². The molecule has 7 aromatic carbocycles. The Morgan fingerprint density at radius 1 is 0.491 bits per heavy atom. The normalized spacial score (nSPS) is 17.7. The predicted octanol–water partition coefficient (Wildman–Crippen LogP) is 14.8. The average molecular weight is 734 g/mol. The fraction of sp³-hybridized carbons (Fsp3) is 0.143. The molecule has 1 nitrogen and oxygen atoms in total. The van der Waals surface area contributed by atoms with Gasteiger partial charge in [0.2, 0.25) is 0 Å². The molecule has 0 radical (unpaired) electrons. The Hall–Kier alpha value is -6.44. The summed E-state index contributed by atoms with van der Waals surface area (Å²) in [6.45, 7) is 15.8. The zero-order valence-corrected chi connectivity index (χ0v) is 33.5. The molecule has 7 aromatic rings. The van der Waals surface area contributed by atoms with Gasteiger partial charge in [-0.25, -0.2) is 0 Å². The van der Waals surface area contributed by atoms with Gasteiger partial charge >= 0.3 is 0 Å². The Kier molecular flexibility index (Phi) is 7.86. The Morgan fingerprint density at radius 2 is 0.982 bits per heavy atom. The molecule has 3 aliphatic carbocycles. The van der Waals surface area contributed by atoms with Crippen molar-refractivity contribution < 1.29 is 0 Å². The second-order valence-electron chi connectivity index (χ2n) is 16.9. The Balaban J connectivity index is 1.28. The number of fused-ring (bicyclic) bond motifs is 9. The first-order valence-electron chi connectivity index (χ1n) is 20.3. The smallest absolute Gasteiger partial charge is 0.0714 e. The van der Waals surface area contributed by atoms with Crippen LogP contribution in [0.3, 0.4) is 0 Å². The maximum atomic E-state index is 4.21. The molecule has 3 aliphatic rings. The Labute approximate surface area is 338 Å². The summed E-state index contributed by atoms with van der Waals surface area (Å²) in [7, 11) is 0. The third-order valence-electron chi connectivity index (χ3n) is 13.2. The summed E-state index contributed by atoms with van der Waals surface area (Å²) in [5.74, 6) is 0. The van der Waals surface area contributed by atoms with Gasteiger partial charge in [-0.2, -0.15) is 0 Å². The molecule has 0 saturated heterocycles. The molecule has 0 saturated carbocycles. The Morgan fingerprint density at radius 3 is 1.54 bits per heavy atom. The van der Waals surface area contributed by atoms with Gasteiger partial charge in [0.25, 0.3) is 0 Å². The van der Waals surface area contributed by atoms with Crippen LogP contribution in [0, 0.1) is 0 Å². The topological polar surface area (TPSA) is 3.24 Å². The molecule has 1 unspecified atom stereocenters. The molecule has 0 amide bonds. The van der Waals surface area contributed by atoms with Crippen molar-refractivity contribution >= 4 is 17.1 Å². The molecule has 0 spiro atoms. The number of hydrogen-bond acceptors (Lipinski definition) is 1. The van der Waals surface area contributed by atoms with Crippen LogP contribution >= 0.6 is 0 Å². The number of hydrogen-bond donors (Lipinski definition) is 0. The molecule has 1 atom stereocenters. The molecular weight excluding hydrogens is 687 g/mol. The molecular formula is C56H47N. The lowest BCUT2D eigenvalue weighted by atomic mass is 9.67. The SMILES string of the molecule is C=C/C=C(\C=C/C)C1(c2ccccc2)c2ccccc2-c2c(N(c3ccc4c(c3)C(C)(C)c3ccccc3-4)c3ccc4c(c3)C(C)(C)c3ccccc3-4)cccc21. The van der Waals surface area contributed by atoms with Gasteiger partial charge in [-0.05, 0) is 110 Å². The van der Waals surface area contributed by atoms with Crippen LogP contribution in [-0.4, -0.2) is 0 Å². The first-order chi connectivity index (χ1) is 27.7. The highest BCUT2D eigenvalue weighted by atomic mass is 15.1. The summed E-state index contributed by atoms with van der Waals surface area (Å²) in [6.07, 6.45) is 8.56. The molecule has 0 aliphatic heterocycles. The van der Waals surface area contributed by atoms with Gasteiger partial charge in [-0.1, -0.05) is 186 Å². The van der Waals surface area contributed by atoms with Crippen molar-refractivity contribution in [2.45, 2.75) is 50.9 Å². The van der Waals surface area contributed by atoms with Crippen LogP contribution in [0.1, 0.15) is 73.6 Å². The number of rotatable bonds is 7. The average Bonchev–Trinajstić information content (AvgIpc) is 3.76. The van der Waals surface area contributed by atoms with Crippen molar-refractivity contribution in [3.05, 3.63) is 233 Å². The van der Waals surface area contributed by atoms with Crippen molar-refractivity contribution in [1.82, 2.24) is 0 Å². The van der Waals surface area contributed by atoms with Crippen LogP contribution in [0.5, 0.6) is 0 Å². The molecule has 276 valence electrons. The number of anilines is 3. The minimum Gasteiger partial charge on any atom is -0.310 e. The van der Waals surface area contributed by atoms with Gasteiger partial charge in [0.1, 0.15) is 0 Å². The van der Waals surface area contributed by atoms with Crippen molar-refractivity contribution in [3.8, 4) is 33.4 Å². The second-order valence-corrected chi connectivity index (χ2v) is 16.9. The lowest BCUT2D eigenvalue weighted by molar-refractivity contribution is 0.660. The summed E-state index contributed by atoms with van der Waals surface area (Å²) >= 11 is 0. The van der Waals surface area contributed by atoms with Crippen LogP contribution in [0.2, 0.25) is 0 Å². The maximum Gasteiger partial charge on any atom is 0.0714 e. The van der Waals surface area contributed by atoms with Crippen LogP contribution in [0.4, 0.5) is 17.1 Å². The van der Waals surface area contributed by atoms with Crippen LogP contribution < -0.4 is 4.90 Å². The van der Waals surface area contributed by atoms with Gasteiger partial charge < -0.3 is 4.90 Å². The van der Waals surface area contributed by atoms with Crippen LogP contribution in [-0.2, 0) is 16.2 Å². The zero-order chi connectivity index (χ0) is 39.1. The third-order valence-corrected chi connectivity index (χ3v) is 13.2.